The van der Waals surface area contributed by atoms with Crippen molar-refractivity contribution < 1.29 is 14.6 Å². The molecule has 0 bridgehead atoms. The number of thiazole rings is 1. The number of hydrogen-bond acceptors (Lipinski definition) is 4. The third-order valence-corrected chi connectivity index (χ3v) is 4.27. The van der Waals surface area contributed by atoms with Crippen LogP contribution in [0.15, 0.2) is 30.3 Å². The van der Waals surface area contributed by atoms with E-state index >= 15 is 0 Å². The van der Waals surface area contributed by atoms with Gasteiger partial charge in [-0.05, 0) is 25.0 Å². The zero-order valence-electron chi connectivity index (χ0n) is 12.0. The van der Waals surface area contributed by atoms with Crippen LogP contribution >= 0.6 is 11.3 Å². The van der Waals surface area contributed by atoms with Crippen LogP contribution in [-0.4, -0.2) is 22.7 Å². The number of rotatable bonds is 8. The molecule has 2 rings (SSSR count). The summed E-state index contributed by atoms with van der Waals surface area (Å²) < 4.78 is 5.66. The quantitative estimate of drug-likeness (QED) is 0.812. The van der Waals surface area contributed by atoms with E-state index < -0.39 is 5.97 Å². The number of para-hydroxylation sites is 1. The van der Waals surface area contributed by atoms with E-state index in [-0.39, 0.29) is 6.42 Å². The van der Waals surface area contributed by atoms with Crippen molar-refractivity contribution in [3.8, 4) is 5.75 Å². The van der Waals surface area contributed by atoms with Gasteiger partial charge >= 0.3 is 5.97 Å². The van der Waals surface area contributed by atoms with Crippen molar-refractivity contribution in [2.24, 2.45) is 0 Å². The summed E-state index contributed by atoms with van der Waals surface area (Å²) in [7, 11) is 0. The van der Waals surface area contributed by atoms with Crippen molar-refractivity contribution in [3.05, 3.63) is 45.9 Å². The average molecular weight is 305 g/mol. The van der Waals surface area contributed by atoms with E-state index in [1.165, 1.54) is 0 Å². The van der Waals surface area contributed by atoms with Crippen LogP contribution in [0.2, 0.25) is 0 Å². The molecular weight excluding hydrogens is 286 g/mol. The lowest BCUT2D eigenvalue weighted by Crippen LogP contribution is -2.01. The predicted octanol–water partition coefficient (Wildman–Crippen LogP) is 3.34. The first kappa shape index (κ1) is 15.5. The number of carboxylic acids is 1. The molecule has 1 N–H and O–H groups in total. The highest BCUT2D eigenvalue weighted by Gasteiger charge is 2.11. The lowest BCUT2D eigenvalue weighted by atomic mass is 10.2. The number of hydrogen-bond donors (Lipinski definition) is 1. The average Bonchev–Trinajstić information content (AvgIpc) is 2.88. The van der Waals surface area contributed by atoms with Crippen LogP contribution in [0.3, 0.4) is 0 Å². The second-order valence-corrected chi connectivity index (χ2v) is 5.80. The molecule has 1 heterocycles. The molecule has 4 nitrogen and oxygen atoms in total. The molecule has 0 amide bonds. The van der Waals surface area contributed by atoms with Gasteiger partial charge in [0.2, 0.25) is 0 Å². The Morgan fingerprint density at radius 2 is 2.05 bits per heavy atom. The van der Waals surface area contributed by atoms with E-state index in [0.717, 1.165) is 34.2 Å². The molecule has 112 valence electrons. The van der Waals surface area contributed by atoms with Crippen LogP contribution in [0.25, 0.3) is 0 Å². The van der Waals surface area contributed by atoms with Gasteiger partial charge in [0.05, 0.1) is 23.7 Å². The SMILES string of the molecule is CCc1nc(CCOc2ccccc2)sc1CCC(=O)O. The molecule has 0 radical (unpaired) electrons. The highest BCUT2D eigenvalue weighted by Crippen LogP contribution is 2.22. The predicted molar refractivity (Wildman–Crippen MR) is 83.1 cm³/mol. The summed E-state index contributed by atoms with van der Waals surface area (Å²) in [5.41, 5.74) is 1.02. The number of nitrogens with zero attached hydrogens (tertiary/aromatic N) is 1. The van der Waals surface area contributed by atoms with Crippen LogP contribution in [0.5, 0.6) is 5.75 Å². The van der Waals surface area contributed by atoms with Gasteiger partial charge in [-0.25, -0.2) is 4.98 Å². The fraction of sp³-hybridized carbons (Fsp3) is 0.375. The molecule has 0 spiro atoms. The molecule has 5 heteroatoms. The minimum Gasteiger partial charge on any atom is -0.493 e. The monoisotopic (exact) mass is 305 g/mol. The maximum atomic E-state index is 10.7. The third-order valence-electron chi connectivity index (χ3n) is 3.05. The fourth-order valence-electron chi connectivity index (χ4n) is 2.01. The summed E-state index contributed by atoms with van der Waals surface area (Å²) in [6.45, 7) is 2.63. The van der Waals surface area contributed by atoms with Crippen molar-refractivity contribution in [3.63, 3.8) is 0 Å². The van der Waals surface area contributed by atoms with Crippen LogP contribution in [-0.2, 0) is 24.1 Å². The molecule has 0 atom stereocenters. The number of aromatic nitrogens is 1. The lowest BCUT2D eigenvalue weighted by Gasteiger charge is -2.03. The maximum Gasteiger partial charge on any atom is 0.303 e. The molecule has 1 aromatic carbocycles. The number of ether oxygens (including phenoxy) is 1. The van der Waals surface area contributed by atoms with Crippen LogP contribution in [0.1, 0.15) is 28.9 Å². The van der Waals surface area contributed by atoms with Crippen molar-refractivity contribution in [2.45, 2.75) is 32.6 Å². The van der Waals surface area contributed by atoms with Gasteiger partial charge in [-0.1, -0.05) is 25.1 Å². The first-order valence-corrected chi connectivity index (χ1v) is 7.87. The molecule has 0 fully saturated rings. The van der Waals surface area contributed by atoms with Crippen molar-refractivity contribution in [1.29, 1.82) is 0 Å². The highest BCUT2D eigenvalue weighted by molar-refractivity contribution is 7.11. The van der Waals surface area contributed by atoms with Gasteiger partial charge in [0.1, 0.15) is 5.75 Å². The first-order chi connectivity index (χ1) is 10.2. The summed E-state index contributed by atoms with van der Waals surface area (Å²) in [6, 6.07) is 9.70. The molecule has 2 aromatic rings. The van der Waals surface area contributed by atoms with Gasteiger partial charge in [-0.2, -0.15) is 0 Å². The van der Waals surface area contributed by atoms with Crippen molar-refractivity contribution in [1.82, 2.24) is 4.98 Å². The summed E-state index contributed by atoms with van der Waals surface area (Å²) >= 11 is 1.61. The maximum absolute atomic E-state index is 10.7. The zero-order valence-corrected chi connectivity index (χ0v) is 12.9. The summed E-state index contributed by atoms with van der Waals surface area (Å²) in [5, 5.41) is 9.79. The molecule has 0 unspecified atom stereocenters. The molecule has 0 aliphatic heterocycles. The molecule has 21 heavy (non-hydrogen) atoms. The molecular formula is C16H19NO3S. The Kier molecular flexibility index (Phi) is 5.75. The van der Waals surface area contributed by atoms with Gasteiger partial charge in [0.15, 0.2) is 0 Å². The number of aliphatic carboxylic acids is 1. The molecule has 1 aromatic heterocycles. The number of carboxylic acid groups (broad SMARTS) is 1. The first-order valence-electron chi connectivity index (χ1n) is 7.06. The fourth-order valence-corrected chi connectivity index (χ4v) is 3.15. The Morgan fingerprint density at radius 3 is 2.71 bits per heavy atom. The standard InChI is InChI=1S/C16H19NO3S/c1-2-13-14(8-9-16(18)19)21-15(17-13)10-11-20-12-6-4-3-5-7-12/h3-7H,2,8-11H2,1H3,(H,18,19). The van der Waals surface area contributed by atoms with Crippen molar-refractivity contribution >= 4 is 17.3 Å². The van der Waals surface area contributed by atoms with E-state index in [1.54, 1.807) is 11.3 Å². The van der Waals surface area contributed by atoms with Gasteiger partial charge in [0, 0.05) is 11.3 Å². The van der Waals surface area contributed by atoms with Gasteiger partial charge in [0.25, 0.3) is 0 Å². The van der Waals surface area contributed by atoms with Crippen LogP contribution in [0, 0.1) is 0 Å². The Balaban J connectivity index is 1.89. The Bertz CT molecular complexity index is 580. The Hall–Kier alpha value is -1.88. The second kappa shape index (κ2) is 7.78. The highest BCUT2D eigenvalue weighted by atomic mass is 32.1. The molecule has 0 aliphatic rings. The van der Waals surface area contributed by atoms with Gasteiger partial charge < -0.3 is 9.84 Å². The minimum absolute atomic E-state index is 0.162. The number of aryl methyl sites for hydroxylation is 2. The summed E-state index contributed by atoms with van der Waals surface area (Å²) in [5.74, 6) is 0.0929. The second-order valence-electron chi connectivity index (χ2n) is 4.64. The van der Waals surface area contributed by atoms with Gasteiger partial charge in [-0.3, -0.25) is 4.79 Å². The topological polar surface area (TPSA) is 59.4 Å². The Labute approximate surface area is 128 Å². The number of carbonyl (C=O) groups is 1. The van der Waals surface area contributed by atoms with Crippen molar-refractivity contribution in [2.75, 3.05) is 6.61 Å². The van der Waals surface area contributed by atoms with E-state index in [4.69, 9.17) is 9.84 Å². The van der Waals surface area contributed by atoms with Crippen LogP contribution < -0.4 is 4.74 Å². The Morgan fingerprint density at radius 1 is 1.29 bits per heavy atom. The zero-order chi connectivity index (χ0) is 15.1. The summed E-state index contributed by atoms with van der Waals surface area (Å²) in [6.07, 6.45) is 2.31. The normalized spacial score (nSPS) is 10.5. The minimum atomic E-state index is -0.764. The van der Waals surface area contributed by atoms with E-state index in [2.05, 4.69) is 4.98 Å². The smallest absolute Gasteiger partial charge is 0.303 e. The largest absolute Gasteiger partial charge is 0.493 e. The third kappa shape index (κ3) is 4.86. The molecule has 0 saturated heterocycles. The van der Waals surface area contributed by atoms with Gasteiger partial charge in [-0.15, -0.1) is 11.3 Å². The van der Waals surface area contributed by atoms with E-state index in [0.29, 0.717) is 13.0 Å². The lowest BCUT2D eigenvalue weighted by molar-refractivity contribution is -0.136. The van der Waals surface area contributed by atoms with E-state index in [9.17, 15) is 4.79 Å². The number of benzene rings is 1. The molecule has 0 aliphatic carbocycles. The summed E-state index contributed by atoms with van der Waals surface area (Å²) in [4.78, 5) is 16.3. The molecule has 0 saturated carbocycles. The van der Waals surface area contributed by atoms with Crippen LogP contribution in [0.4, 0.5) is 0 Å². The van der Waals surface area contributed by atoms with E-state index in [1.807, 2.05) is 37.3 Å².